The van der Waals surface area contributed by atoms with Crippen molar-refractivity contribution < 1.29 is 29.1 Å². The van der Waals surface area contributed by atoms with Crippen LogP contribution in [0, 0.1) is 11.8 Å². The van der Waals surface area contributed by atoms with Gasteiger partial charge in [0.2, 0.25) is 12.3 Å². The van der Waals surface area contributed by atoms with Gasteiger partial charge in [0.1, 0.15) is 6.04 Å². The number of carbonyl (C=O) groups is 4. The zero-order chi connectivity index (χ0) is 22.9. The van der Waals surface area contributed by atoms with Gasteiger partial charge in [-0.15, -0.1) is 0 Å². The van der Waals surface area contributed by atoms with Crippen LogP contribution in [0.4, 0.5) is 4.79 Å². The Morgan fingerprint density at radius 1 is 1.12 bits per heavy atom. The van der Waals surface area contributed by atoms with Crippen LogP contribution in [0.2, 0.25) is 0 Å². The normalized spacial score (nSPS) is 24.3. The van der Waals surface area contributed by atoms with E-state index in [9.17, 15) is 24.4 Å². The third kappa shape index (κ3) is 6.90. The number of imide groups is 1. The van der Waals surface area contributed by atoms with Gasteiger partial charge in [0.15, 0.2) is 0 Å². The lowest BCUT2D eigenvalue weighted by Crippen LogP contribution is -2.52. The van der Waals surface area contributed by atoms with Crippen LogP contribution in [0.15, 0.2) is 0 Å². The van der Waals surface area contributed by atoms with Gasteiger partial charge in [0, 0.05) is 19.7 Å². The molecule has 1 aliphatic carbocycles. The van der Waals surface area contributed by atoms with Crippen LogP contribution < -0.4 is 10.6 Å². The average Bonchev–Trinajstić information content (AvgIpc) is 3.55. The maximum absolute atomic E-state index is 13.3. The van der Waals surface area contributed by atoms with E-state index >= 15 is 0 Å². The molecular formula is C22H36N4O6. The minimum atomic E-state index is -0.721. The predicted molar refractivity (Wildman–Crippen MR) is 114 cm³/mol. The molecule has 0 spiro atoms. The number of ether oxygens (including phenoxy) is 1. The third-order valence-electron chi connectivity index (χ3n) is 6.82. The summed E-state index contributed by atoms with van der Waals surface area (Å²) in [6.07, 6.45) is 9.21. The lowest BCUT2D eigenvalue weighted by Gasteiger charge is -2.30. The molecule has 1 unspecified atom stereocenters. The number of hydrogen-bond donors (Lipinski definition) is 3. The van der Waals surface area contributed by atoms with E-state index in [1.807, 2.05) is 0 Å². The molecule has 10 heteroatoms. The zero-order valence-corrected chi connectivity index (χ0v) is 18.7. The first-order valence-corrected chi connectivity index (χ1v) is 11.9. The minimum absolute atomic E-state index is 0.0899. The minimum Gasteiger partial charge on any atom is -0.378 e. The van der Waals surface area contributed by atoms with Gasteiger partial charge in [-0.3, -0.25) is 24.9 Å². The summed E-state index contributed by atoms with van der Waals surface area (Å²) in [6, 6.07) is -1.29. The highest BCUT2D eigenvalue weighted by molar-refractivity contribution is 5.99. The van der Waals surface area contributed by atoms with Crippen molar-refractivity contribution in [1.82, 2.24) is 20.6 Å². The van der Waals surface area contributed by atoms with Crippen molar-refractivity contribution in [3.05, 3.63) is 0 Å². The van der Waals surface area contributed by atoms with Gasteiger partial charge in [-0.1, -0.05) is 25.7 Å². The second kappa shape index (κ2) is 12.2. The van der Waals surface area contributed by atoms with Crippen molar-refractivity contribution in [1.29, 1.82) is 0 Å². The van der Waals surface area contributed by atoms with E-state index in [0.717, 1.165) is 45.1 Å². The summed E-state index contributed by atoms with van der Waals surface area (Å²) in [5.41, 5.74) is 0. The van der Waals surface area contributed by atoms with Crippen LogP contribution in [-0.2, 0) is 19.1 Å². The Morgan fingerprint density at radius 3 is 2.59 bits per heavy atom. The monoisotopic (exact) mass is 452 g/mol. The van der Waals surface area contributed by atoms with Crippen molar-refractivity contribution in [2.75, 3.05) is 26.2 Å². The van der Waals surface area contributed by atoms with Crippen LogP contribution in [0.25, 0.3) is 0 Å². The Kier molecular flexibility index (Phi) is 9.28. The number of hydrogen-bond acceptors (Lipinski definition) is 6. The number of rotatable bonds is 10. The van der Waals surface area contributed by atoms with E-state index in [-0.39, 0.29) is 18.6 Å². The molecule has 0 aromatic heterocycles. The number of nitrogens with zero attached hydrogens (tertiary/aromatic N) is 2. The summed E-state index contributed by atoms with van der Waals surface area (Å²) < 4.78 is 5.52. The highest BCUT2D eigenvalue weighted by atomic mass is 16.5. The van der Waals surface area contributed by atoms with Crippen molar-refractivity contribution in [3.63, 3.8) is 0 Å². The van der Waals surface area contributed by atoms with Gasteiger partial charge in [0.05, 0.1) is 18.6 Å². The molecule has 3 rings (SSSR count). The van der Waals surface area contributed by atoms with Gasteiger partial charge < -0.3 is 15.0 Å². The summed E-state index contributed by atoms with van der Waals surface area (Å²) in [4.78, 5) is 50.6. The standard InChI is InChI=1S/C22H36N4O6/c27-15-25(31)14-17(13-16-5-1-2-6-16)21(29)26-11-3-8-19(26)20(28)24-22(30)23-10-9-18-7-4-12-32-18/h15-19,31H,1-14H2,(H2,23,24,28,30)/t17-,18?,19+/m1/s1. The first-order chi connectivity index (χ1) is 15.5. The highest BCUT2D eigenvalue weighted by Gasteiger charge is 2.39. The Hall–Kier alpha value is -2.20. The maximum Gasteiger partial charge on any atom is 0.321 e. The quantitative estimate of drug-likeness (QED) is 0.261. The fourth-order valence-corrected chi connectivity index (χ4v) is 5.17. The smallest absolute Gasteiger partial charge is 0.321 e. The molecule has 2 aliphatic heterocycles. The van der Waals surface area contributed by atoms with Gasteiger partial charge in [-0.25, -0.2) is 9.86 Å². The second-order valence-electron chi connectivity index (χ2n) is 9.17. The van der Waals surface area contributed by atoms with Gasteiger partial charge >= 0.3 is 6.03 Å². The molecule has 0 aromatic carbocycles. The summed E-state index contributed by atoms with van der Waals surface area (Å²) >= 11 is 0. The van der Waals surface area contributed by atoms with Crippen molar-refractivity contribution >= 4 is 24.3 Å². The fourth-order valence-electron chi connectivity index (χ4n) is 5.17. The van der Waals surface area contributed by atoms with Crippen LogP contribution in [-0.4, -0.2) is 77.8 Å². The summed E-state index contributed by atoms with van der Waals surface area (Å²) in [7, 11) is 0. The van der Waals surface area contributed by atoms with E-state index in [0.29, 0.717) is 56.2 Å². The van der Waals surface area contributed by atoms with Crippen molar-refractivity contribution in [3.8, 4) is 0 Å². The molecule has 2 saturated heterocycles. The molecule has 10 nitrogen and oxygen atoms in total. The van der Waals surface area contributed by atoms with Crippen LogP contribution in [0.3, 0.4) is 0 Å². The molecule has 3 aliphatic rings. The average molecular weight is 453 g/mol. The molecule has 3 atom stereocenters. The van der Waals surface area contributed by atoms with Gasteiger partial charge in [0.25, 0.3) is 5.91 Å². The fraction of sp³-hybridized carbons (Fsp3) is 0.818. The molecule has 0 aromatic rings. The molecule has 3 fully saturated rings. The number of carbonyl (C=O) groups excluding carboxylic acids is 4. The zero-order valence-electron chi connectivity index (χ0n) is 18.7. The van der Waals surface area contributed by atoms with Crippen LogP contribution in [0.5, 0.6) is 0 Å². The Morgan fingerprint density at radius 2 is 1.91 bits per heavy atom. The molecule has 0 radical (unpaired) electrons. The third-order valence-corrected chi connectivity index (χ3v) is 6.82. The molecule has 180 valence electrons. The van der Waals surface area contributed by atoms with Gasteiger partial charge in [-0.05, 0) is 44.4 Å². The van der Waals surface area contributed by atoms with Crippen LogP contribution >= 0.6 is 0 Å². The second-order valence-corrected chi connectivity index (χ2v) is 9.17. The molecule has 2 heterocycles. The lowest BCUT2D eigenvalue weighted by molar-refractivity contribution is -0.158. The summed E-state index contributed by atoms with van der Waals surface area (Å²) in [5.74, 6) is -0.925. The van der Waals surface area contributed by atoms with Crippen molar-refractivity contribution in [2.24, 2.45) is 11.8 Å². The summed E-state index contributed by atoms with van der Waals surface area (Å²) in [6.45, 7) is 1.50. The first-order valence-electron chi connectivity index (χ1n) is 11.9. The Labute approximate surface area is 189 Å². The van der Waals surface area contributed by atoms with E-state index in [1.165, 1.54) is 4.90 Å². The lowest BCUT2D eigenvalue weighted by atomic mass is 9.91. The molecule has 32 heavy (non-hydrogen) atoms. The van der Waals surface area contributed by atoms with Crippen LogP contribution in [0.1, 0.15) is 64.2 Å². The molecule has 1 saturated carbocycles. The van der Waals surface area contributed by atoms with E-state index < -0.39 is 23.9 Å². The maximum atomic E-state index is 13.3. The Bertz CT molecular complexity index is 663. The summed E-state index contributed by atoms with van der Waals surface area (Å²) in [5, 5.41) is 15.2. The molecule has 0 bridgehead atoms. The topological polar surface area (TPSA) is 128 Å². The molecule has 3 N–H and O–H groups in total. The molecule has 5 amide bonds. The number of amides is 5. The van der Waals surface area contributed by atoms with E-state index in [2.05, 4.69) is 10.6 Å². The largest absolute Gasteiger partial charge is 0.378 e. The predicted octanol–water partition coefficient (Wildman–Crippen LogP) is 1.42. The number of urea groups is 1. The van der Waals surface area contributed by atoms with Gasteiger partial charge in [-0.2, -0.15) is 0 Å². The highest BCUT2D eigenvalue weighted by Crippen LogP contribution is 2.32. The number of hydroxylamine groups is 2. The van der Waals surface area contributed by atoms with E-state index in [1.54, 1.807) is 0 Å². The van der Waals surface area contributed by atoms with E-state index in [4.69, 9.17) is 4.74 Å². The number of likely N-dealkylation sites (tertiary alicyclic amines) is 1. The number of nitrogens with one attached hydrogen (secondary N) is 2. The SMILES string of the molecule is O=CN(O)C[C@@H](CC1CCCC1)C(=O)N1CCC[C@H]1C(=O)NC(=O)NCCC1CCCO1. The van der Waals surface area contributed by atoms with Crippen molar-refractivity contribution in [2.45, 2.75) is 76.4 Å². The Balaban J connectivity index is 1.52. The molecular weight excluding hydrogens is 416 g/mol. The first kappa shape index (κ1) is 24.4.